The van der Waals surface area contributed by atoms with Gasteiger partial charge in [-0.1, -0.05) is 0 Å². The van der Waals surface area contributed by atoms with Crippen LogP contribution in [0.5, 0.6) is 0 Å². The number of pyridine rings is 1. The van der Waals surface area contributed by atoms with Gasteiger partial charge in [0, 0.05) is 25.7 Å². The van der Waals surface area contributed by atoms with E-state index in [1.165, 1.54) is 19.3 Å². The van der Waals surface area contributed by atoms with Crippen LogP contribution in [0.4, 0.5) is 5.82 Å². The molecule has 1 fully saturated rings. The van der Waals surface area contributed by atoms with Gasteiger partial charge in [0.2, 0.25) is 15.9 Å². The number of nitrogens with zero attached hydrogens (tertiary/aromatic N) is 2. The molecule has 2 heterocycles. The minimum absolute atomic E-state index is 0.138. The summed E-state index contributed by atoms with van der Waals surface area (Å²) in [6.45, 7) is 1.56. The van der Waals surface area contributed by atoms with Gasteiger partial charge in [-0.25, -0.2) is 18.1 Å². The molecule has 0 bridgehead atoms. The third-order valence-electron chi connectivity index (χ3n) is 3.63. The third kappa shape index (κ3) is 3.92. The maximum absolute atomic E-state index is 11.6. The van der Waals surface area contributed by atoms with E-state index in [1.807, 2.05) is 0 Å². The van der Waals surface area contributed by atoms with E-state index in [-0.39, 0.29) is 16.7 Å². The van der Waals surface area contributed by atoms with Crippen LogP contribution in [-0.4, -0.2) is 39.4 Å². The highest BCUT2D eigenvalue weighted by Crippen LogP contribution is 2.24. The normalized spacial score (nSPS) is 19.5. The van der Waals surface area contributed by atoms with Gasteiger partial charge in [-0.3, -0.25) is 4.79 Å². The van der Waals surface area contributed by atoms with Gasteiger partial charge in [0.25, 0.3) is 0 Å². The molecular formula is C13H20N4O3S. The van der Waals surface area contributed by atoms with Crippen LogP contribution in [0.2, 0.25) is 0 Å². The number of rotatable bonds is 5. The topological polar surface area (TPSA) is 105 Å². The molecule has 3 N–H and O–H groups in total. The number of primary amides is 1. The highest BCUT2D eigenvalue weighted by Gasteiger charge is 2.22. The number of hydrogen-bond acceptors (Lipinski definition) is 5. The first-order valence-corrected chi connectivity index (χ1v) is 8.33. The molecule has 0 radical (unpaired) electrons. The second-order valence-electron chi connectivity index (χ2n) is 5.18. The maximum atomic E-state index is 11.6. The Morgan fingerprint density at radius 2 is 2.29 bits per heavy atom. The predicted molar refractivity (Wildman–Crippen MR) is 79.2 cm³/mol. The summed E-state index contributed by atoms with van der Waals surface area (Å²) in [7, 11) is -2.10. The predicted octanol–water partition coefficient (Wildman–Crippen LogP) is 0.0815. The third-order valence-corrected chi connectivity index (χ3v) is 5.03. The molecule has 1 atom stereocenters. The Morgan fingerprint density at radius 3 is 2.86 bits per heavy atom. The van der Waals surface area contributed by atoms with E-state index in [0.717, 1.165) is 25.2 Å². The van der Waals surface area contributed by atoms with Crippen LogP contribution in [0.15, 0.2) is 23.2 Å². The smallest absolute Gasteiger partial charge is 0.241 e. The monoisotopic (exact) mass is 312 g/mol. The Hall–Kier alpha value is -1.67. The van der Waals surface area contributed by atoms with Crippen molar-refractivity contribution in [1.82, 2.24) is 9.71 Å². The van der Waals surface area contributed by atoms with E-state index in [2.05, 4.69) is 14.6 Å². The lowest BCUT2D eigenvalue weighted by atomic mass is 9.94. The zero-order valence-electron chi connectivity index (χ0n) is 11.9. The number of sulfonamides is 1. The van der Waals surface area contributed by atoms with Gasteiger partial charge in [0.1, 0.15) is 10.7 Å². The Bertz CT molecular complexity index is 600. The van der Waals surface area contributed by atoms with Crippen LogP contribution in [0, 0.1) is 5.92 Å². The molecule has 1 aliphatic rings. The molecule has 1 aliphatic heterocycles. The van der Waals surface area contributed by atoms with E-state index in [0.29, 0.717) is 13.0 Å². The van der Waals surface area contributed by atoms with E-state index in [1.54, 1.807) is 6.07 Å². The molecule has 0 aromatic carbocycles. The molecule has 1 aromatic rings. The largest absolute Gasteiger partial charge is 0.370 e. The van der Waals surface area contributed by atoms with Gasteiger partial charge >= 0.3 is 0 Å². The van der Waals surface area contributed by atoms with Gasteiger partial charge in [-0.2, -0.15) is 0 Å². The van der Waals surface area contributed by atoms with Crippen molar-refractivity contribution < 1.29 is 13.2 Å². The first-order chi connectivity index (χ1) is 9.92. The van der Waals surface area contributed by atoms with Crippen LogP contribution in [0.25, 0.3) is 0 Å². The lowest BCUT2D eigenvalue weighted by Crippen LogP contribution is -2.37. The van der Waals surface area contributed by atoms with Crippen LogP contribution in [-0.2, 0) is 14.8 Å². The summed E-state index contributed by atoms with van der Waals surface area (Å²) in [4.78, 5) is 17.4. The molecule has 116 valence electrons. The van der Waals surface area contributed by atoms with Crippen LogP contribution >= 0.6 is 0 Å². The van der Waals surface area contributed by atoms with Gasteiger partial charge in [0.15, 0.2) is 0 Å². The summed E-state index contributed by atoms with van der Waals surface area (Å²) in [5.74, 6) is 0.670. The van der Waals surface area contributed by atoms with Crippen LogP contribution < -0.4 is 15.4 Å². The summed E-state index contributed by atoms with van der Waals surface area (Å²) in [5, 5.41) is 0. The second-order valence-corrected chi connectivity index (χ2v) is 7.07. The average Bonchev–Trinajstić information content (AvgIpc) is 2.47. The summed E-state index contributed by atoms with van der Waals surface area (Å²) >= 11 is 0. The van der Waals surface area contributed by atoms with E-state index < -0.39 is 10.0 Å². The van der Waals surface area contributed by atoms with Gasteiger partial charge in [-0.05, 0) is 37.9 Å². The van der Waals surface area contributed by atoms with E-state index in [4.69, 9.17) is 5.73 Å². The number of carbonyl (C=O) groups is 1. The quantitative estimate of drug-likeness (QED) is 0.801. The number of piperidine rings is 1. The Labute approximate surface area is 124 Å². The first kappa shape index (κ1) is 15.7. The Morgan fingerprint density at radius 1 is 1.52 bits per heavy atom. The minimum Gasteiger partial charge on any atom is -0.370 e. The van der Waals surface area contributed by atoms with Crippen molar-refractivity contribution >= 4 is 21.7 Å². The standard InChI is InChI=1S/C13H20N4O3S/c1-15-21(19,20)11-4-5-13(16-8-11)17-6-2-3-10(9-17)7-12(14)18/h4-5,8,10,15H,2-3,6-7,9H2,1H3,(H2,14,18). The molecule has 0 aliphatic carbocycles. The Kier molecular flexibility index (Phi) is 4.79. The van der Waals surface area contributed by atoms with Crippen molar-refractivity contribution in [3.63, 3.8) is 0 Å². The second kappa shape index (κ2) is 6.40. The van der Waals surface area contributed by atoms with E-state index >= 15 is 0 Å². The molecule has 0 saturated carbocycles. The fourth-order valence-corrected chi connectivity index (χ4v) is 3.24. The van der Waals surface area contributed by atoms with Crippen molar-refractivity contribution in [2.75, 3.05) is 25.0 Å². The summed E-state index contributed by atoms with van der Waals surface area (Å²) in [5.41, 5.74) is 5.24. The number of nitrogens with two attached hydrogens (primary N) is 1. The highest BCUT2D eigenvalue weighted by molar-refractivity contribution is 7.89. The van der Waals surface area contributed by atoms with Crippen molar-refractivity contribution in [1.29, 1.82) is 0 Å². The number of amides is 1. The number of aromatic nitrogens is 1. The SMILES string of the molecule is CNS(=O)(=O)c1ccc(N2CCCC(CC(N)=O)C2)nc1. The summed E-state index contributed by atoms with van der Waals surface area (Å²) in [6, 6.07) is 3.22. The Balaban J connectivity index is 2.10. The molecule has 1 amide bonds. The lowest BCUT2D eigenvalue weighted by Gasteiger charge is -2.33. The first-order valence-electron chi connectivity index (χ1n) is 6.85. The van der Waals surface area contributed by atoms with Crippen molar-refractivity contribution in [2.24, 2.45) is 11.7 Å². The fraction of sp³-hybridized carbons (Fsp3) is 0.538. The average molecular weight is 312 g/mol. The molecular weight excluding hydrogens is 292 g/mol. The molecule has 7 nitrogen and oxygen atoms in total. The van der Waals surface area contributed by atoms with Gasteiger partial charge < -0.3 is 10.6 Å². The summed E-state index contributed by atoms with van der Waals surface area (Å²) in [6.07, 6.45) is 3.67. The fourth-order valence-electron chi connectivity index (χ4n) is 2.56. The maximum Gasteiger partial charge on any atom is 0.241 e. The number of anilines is 1. The molecule has 1 unspecified atom stereocenters. The molecule has 1 aromatic heterocycles. The zero-order chi connectivity index (χ0) is 15.5. The van der Waals surface area contributed by atoms with E-state index in [9.17, 15) is 13.2 Å². The van der Waals surface area contributed by atoms with Crippen LogP contribution in [0.1, 0.15) is 19.3 Å². The minimum atomic E-state index is -3.46. The molecule has 8 heteroatoms. The zero-order valence-corrected chi connectivity index (χ0v) is 12.8. The number of carbonyl (C=O) groups excluding carboxylic acids is 1. The highest BCUT2D eigenvalue weighted by atomic mass is 32.2. The van der Waals surface area contributed by atoms with Gasteiger partial charge in [0.05, 0.1) is 0 Å². The summed E-state index contributed by atoms with van der Waals surface area (Å²) < 4.78 is 25.5. The van der Waals surface area contributed by atoms with Crippen LogP contribution in [0.3, 0.4) is 0 Å². The van der Waals surface area contributed by atoms with Crippen molar-refractivity contribution in [3.8, 4) is 0 Å². The number of nitrogens with one attached hydrogen (secondary N) is 1. The molecule has 0 spiro atoms. The van der Waals surface area contributed by atoms with Gasteiger partial charge in [-0.15, -0.1) is 0 Å². The molecule has 1 saturated heterocycles. The van der Waals surface area contributed by atoms with Crippen molar-refractivity contribution in [3.05, 3.63) is 18.3 Å². The molecule has 2 rings (SSSR count). The lowest BCUT2D eigenvalue weighted by molar-refractivity contribution is -0.118. The number of hydrogen-bond donors (Lipinski definition) is 2. The molecule has 21 heavy (non-hydrogen) atoms. The van der Waals surface area contributed by atoms with Crippen molar-refractivity contribution in [2.45, 2.75) is 24.2 Å².